The molecule has 2 saturated heterocycles. The number of aliphatic carboxylic acids is 1. The summed E-state index contributed by atoms with van der Waals surface area (Å²) in [6.07, 6.45) is 2.27. The van der Waals surface area contributed by atoms with E-state index in [-0.39, 0.29) is 11.7 Å². The lowest BCUT2D eigenvalue weighted by Crippen LogP contribution is -2.41. The number of nitrogens with one attached hydrogen (secondary N) is 1. The minimum atomic E-state index is -1.02. The first kappa shape index (κ1) is 16.9. The maximum Gasteiger partial charge on any atom is 0.310 e. The average molecular weight is 352 g/mol. The van der Waals surface area contributed by atoms with Crippen molar-refractivity contribution in [2.45, 2.75) is 44.8 Å². The van der Waals surface area contributed by atoms with Crippen molar-refractivity contribution >= 4 is 34.1 Å². The molecule has 0 radical (unpaired) electrons. The van der Waals surface area contributed by atoms with Crippen molar-refractivity contribution in [2.75, 3.05) is 5.32 Å². The fourth-order valence-electron chi connectivity index (χ4n) is 3.61. The van der Waals surface area contributed by atoms with Crippen LogP contribution in [0.25, 0.3) is 0 Å². The van der Waals surface area contributed by atoms with Crippen molar-refractivity contribution in [3.05, 3.63) is 16.5 Å². The molecule has 4 N–H and O–H groups in total. The Morgan fingerprint density at radius 2 is 2.00 bits per heavy atom. The summed E-state index contributed by atoms with van der Waals surface area (Å²) < 4.78 is 5.61. The first-order chi connectivity index (χ1) is 11.4. The van der Waals surface area contributed by atoms with Crippen LogP contribution in [0.2, 0.25) is 0 Å². The van der Waals surface area contributed by atoms with Gasteiger partial charge in [-0.1, -0.05) is 13.3 Å². The van der Waals surface area contributed by atoms with Crippen LogP contribution in [0.3, 0.4) is 0 Å². The first-order valence-electron chi connectivity index (χ1n) is 8.04. The van der Waals surface area contributed by atoms with Gasteiger partial charge in [0.1, 0.15) is 5.00 Å². The van der Waals surface area contributed by atoms with Crippen LogP contribution in [0, 0.1) is 11.8 Å². The number of fused-ring (bicyclic) bond motifs is 2. The molecule has 0 aromatic carbocycles. The highest BCUT2D eigenvalue weighted by atomic mass is 32.1. The second-order valence-corrected chi connectivity index (χ2v) is 7.38. The van der Waals surface area contributed by atoms with Crippen LogP contribution < -0.4 is 11.1 Å². The third-order valence-electron chi connectivity index (χ3n) is 4.64. The van der Waals surface area contributed by atoms with Crippen molar-refractivity contribution in [1.29, 1.82) is 0 Å². The van der Waals surface area contributed by atoms with Gasteiger partial charge in [-0.25, -0.2) is 0 Å². The van der Waals surface area contributed by atoms with Crippen LogP contribution in [0.4, 0.5) is 5.00 Å². The topological polar surface area (TPSA) is 119 Å². The zero-order valence-corrected chi connectivity index (χ0v) is 14.1. The van der Waals surface area contributed by atoms with Gasteiger partial charge in [0.05, 0.1) is 29.6 Å². The van der Waals surface area contributed by atoms with Crippen LogP contribution in [0.1, 0.15) is 41.4 Å². The third kappa shape index (κ3) is 2.91. The Kier molecular flexibility index (Phi) is 4.60. The van der Waals surface area contributed by atoms with Crippen molar-refractivity contribution in [1.82, 2.24) is 0 Å². The Hall–Kier alpha value is -1.93. The van der Waals surface area contributed by atoms with Crippen LogP contribution in [0.15, 0.2) is 6.07 Å². The number of primary amides is 1. The Labute approximate surface area is 143 Å². The van der Waals surface area contributed by atoms with Crippen molar-refractivity contribution in [3.8, 4) is 0 Å². The fraction of sp³-hybridized carbons (Fsp3) is 0.562. The van der Waals surface area contributed by atoms with Gasteiger partial charge in [0.15, 0.2) is 0 Å². The molecule has 0 saturated carbocycles. The number of rotatable bonds is 6. The van der Waals surface area contributed by atoms with Crippen molar-refractivity contribution in [2.24, 2.45) is 17.6 Å². The van der Waals surface area contributed by atoms with Gasteiger partial charge in [0.2, 0.25) is 5.91 Å². The summed E-state index contributed by atoms with van der Waals surface area (Å²) in [6.45, 7) is 2.02. The van der Waals surface area contributed by atoms with Crippen molar-refractivity contribution in [3.63, 3.8) is 0 Å². The van der Waals surface area contributed by atoms with Gasteiger partial charge in [-0.05, 0) is 25.3 Å². The van der Waals surface area contributed by atoms with Crippen LogP contribution >= 0.6 is 11.3 Å². The smallest absolute Gasteiger partial charge is 0.310 e. The molecule has 3 rings (SSSR count). The number of carboxylic acids is 1. The van der Waals surface area contributed by atoms with Gasteiger partial charge in [0, 0.05) is 4.88 Å². The lowest BCUT2D eigenvalue weighted by Gasteiger charge is -2.23. The number of thiophene rings is 1. The summed E-state index contributed by atoms with van der Waals surface area (Å²) in [4.78, 5) is 36.7. The molecule has 2 fully saturated rings. The van der Waals surface area contributed by atoms with Gasteiger partial charge < -0.3 is 20.9 Å². The molecule has 2 aliphatic heterocycles. The number of carboxylic acid groups (broad SMARTS) is 1. The number of hydrogen-bond donors (Lipinski definition) is 3. The SMILES string of the molecule is CCCc1cc(C(N)=O)c(NC(=O)C2C3CCC(O3)C2C(=O)O)s1. The molecule has 0 spiro atoms. The molecular formula is C16H20N2O5S. The molecular weight excluding hydrogens is 332 g/mol. The first-order valence-corrected chi connectivity index (χ1v) is 8.85. The van der Waals surface area contributed by atoms with E-state index in [1.165, 1.54) is 11.3 Å². The molecule has 2 bridgehead atoms. The Bertz CT molecular complexity index is 686. The summed E-state index contributed by atoms with van der Waals surface area (Å²) in [6, 6.07) is 1.69. The monoisotopic (exact) mass is 352 g/mol. The zero-order chi connectivity index (χ0) is 17.4. The molecule has 8 heteroatoms. The molecule has 0 aliphatic carbocycles. The molecule has 4 unspecified atom stereocenters. The van der Waals surface area contributed by atoms with E-state index in [9.17, 15) is 19.5 Å². The number of nitrogens with two attached hydrogens (primary N) is 1. The minimum absolute atomic E-state index is 0.271. The number of carbonyl (C=O) groups excluding carboxylic acids is 2. The normalized spacial score (nSPS) is 28.0. The molecule has 2 aliphatic rings. The maximum absolute atomic E-state index is 12.7. The number of amides is 2. The van der Waals surface area contributed by atoms with E-state index in [1.54, 1.807) is 6.07 Å². The van der Waals surface area contributed by atoms with E-state index in [0.29, 0.717) is 17.8 Å². The van der Waals surface area contributed by atoms with E-state index < -0.39 is 35.7 Å². The molecule has 1 aromatic rings. The largest absolute Gasteiger partial charge is 0.481 e. The van der Waals surface area contributed by atoms with E-state index in [1.807, 2.05) is 6.92 Å². The van der Waals surface area contributed by atoms with Crippen LogP contribution in [-0.2, 0) is 20.7 Å². The van der Waals surface area contributed by atoms with E-state index in [2.05, 4.69) is 5.32 Å². The molecule has 130 valence electrons. The van der Waals surface area contributed by atoms with Crippen LogP contribution in [0.5, 0.6) is 0 Å². The molecule has 24 heavy (non-hydrogen) atoms. The number of hydrogen-bond acceptors (Lipinski definition) is 5. The number of aryl methyl sites for hydroxylation is 1. The Balaban J connectivity index is 1.82. The fourth-order valence-corrected chi connectivity index (χ4v) is 4.77. The van der Waals surface area contributed by atoms with Gasteiger partial charge in [-0.2, -0.15) is 0 Å². The van der Waals surface area contributed by atoms with Gasteiger partial charge in [-0.15, -0.1) is 11.3 Å². The highest BCUT2D eigenvalue weighted by molar-refractivity contribution is 7.16. The lowest BCUT2D eigenvalue weighted by molar-refractivity contribution is -0.147. The summed E-state index contributed by atoms with van der Waals surface area (Å²) in [5.74, 6) is -3.62. The van der Waals surface area contributed by atoms with Crippen molar-refractivity contribution < 1.29 is 24.2 Å². The van der Waals surface area contributed by atoms with E-state index in [0.717, 1.165) is 17.7 Å². The quantitative estimate of drug-likeness (QED) is 0.719. The molecule has 4 atom stereocenters. The van der Waals surface area contributed by atoms with Gasteiger partial charge in [0.25, 0.3) is 5.91 Å². The second kappa shape index (κ2) is 6.52. The summed E-state index contributed by atoms with van der Waals surface area (Å²) in [5, 5.41) is 12.5. The third-order valence-corrected chi connectivity index (χ3v) is 5.75. The molecule has 2 amide bonds. The highest BCUT2D eigenvalue weighted by Crippen LogP contribution is 2.44. The maximum atomic E-state index is 12.7. The summed E-state index contributed by atoms with van der Waals surface area (Å²) >= 11 is 1.31. The molecule has 1 aromatic heterocycles. The van der Waals surface area contributed by atoms with Gasteiger partial charge >= 0.3 is 5.97 Å². The predicted molar refractivity (Wildman–Crippen MR) is 88.0 cm³/mol. The lowest BCUT2D eigenvalue weighted by atomic mass is 9.79. The zero-order valence-electron chi connectivity index (χ0n) is 13.3. The summed E-state index contributed by atoms with van der Waals surface area (Å²) in [5.41, 5.74) is 5.66. The molecule has 7 nitrogen and oxygen atoms in total. The number of carbonyl (C=O) groups is 3. The van der Waals surface area contributed by atoms with Gasteiger partial charge in [-0.3, -0.25) is 14.4 Å². The Morgan fingerprint density at radius 1 is 1.33 bits per heavy atom. The minimum Gasteiger partial charge on any atom is -0.481 e. The highest BCUT2D eigenvalue weighted by Gasteiger charge is 2.55. The number of ether oxygens (including phenoxy) is 1. The predicted octanol–water partition coefficient (Wildman–Crippen LogP) is 1.62. The summed E-state index contributed by atoms with van der Waals surface area (Å²) in [7, 11) is 0. The molecule has 3 heterocycles. The van der Waals surface area contributed by atoms with E-state index in [4.69, 9.17) is 10.5 Å². The second-order valence-electron chi connectivity index (χ2n) is 6.24. The van der Waals surface area contributed by atoms with Crippen LogP contribution in [-0.4, -0.2) is 35.1 Å². The Morgan fingerprint density at radius 3 is 2.58 bits per heavy atom. The van der Waals surface area contributed by atoms with E-state index >= 15 is 0 Å². The average Bonchev–Trinajstić information content (AvgIpc) is 3.20. The number of anilines is 1. The standard InChI is InChI=1S/C16H20N2O5S/c1-2-3-7-6-8(13(17)19)15(24-7)18-14(20)11-9-4-5-10(23-9)12(11)16(21)22/h6,9-12H,2-5H2,1H3,(H2,17,19)(H,18,20)(H,21,22).